The predicted molar refractivity (Wildman–Crippen MR) is 96.8 cm³/mol. The molecule has 0 saturated heterocycles. The van der Waals surface area contributed by atoms with Crippen LogP contribution in [0.1, 0.15) is 12.5 Å². The standard InChI is InChI=1S/C17H19N3O2S2/c1-3-21-15-7-5-4-6-14(15)16-18-20(17(23)22-16)12-19(2)10-13-8-9-24-11-13/h4-9,11H,3,10,12H2,1-2H3/p+1. The fourth-order valence-electron chi connectivity index (χ4n) is 2.49. The molecule has 2 heterocycles. The Morgan fingerprint density at radius 1 is 1.33 bits per heavy atom. The van der Waals surface area contributed by atoms with Crippen molar-refractivity contribution in [3.8, 4) is 17.2 Å². The second-order valence-corrected chi connectivity index (χ2v) is 6.65. The zero-order valence-electron chi connectivity index (χ0n) is 13.7. The van der Waals surface area contributed by atoms with Crippen molar-refractivity contribution in [2.24, 2.45) is 0 Å². The molecule has 0 aliphatic heterocycles. The molecular weight excluding hydrogens is 342 g/mol. The molecule has 1 unspecified atom stereocenters. The highest BCUT2D eigenvalue weighted by Crippen LogP contribution is 2.28. The topological polar surface area (TPSA) is 44.6 Å². The maximum atomic E-state index is 5.70. The number of aromatic nitrogens is 2. The van der Waals surface area contributed by atoms with Gasteiger partial charge in [-0.2, -0.15) is 16.0 Å². The average molecular weight is 362 g/mol. The van der Waals surface area contributed by atoms with Crippen molar-refractivity contribution in [2.75, 3.05) is 13.7 Å². The fourth-order valence-corrected chi connectivity index (χ4v) is 3.35. The minimum atomic E-state index is 0.376. The van der Waals surface area contributed by atoms with Crippen LogP contribution in [0.2, 0.25) is 0 Å². The van der Waals surface area contributed by atoms with Gasteiger partial charge in [0.1, 0.15) is 12.3 Å². The number of benzene rings is 1. The molecule has 0 amide bonds. The van der Waals surface area contributed by atoms with Gasteiger partial charge in [-0.15, -0.1) is 5.10 Å². The van der Waals surface area contributed by atoms with Crippen LogP contribution in [-0.4, -0.2) is 23.4 Å². The molecule has 1 atom stereocenters. The van der Waals surface area contributed by atoms with Crippen molar-refractivity contribution >= 4 is 23.6 Å². The maximum absolute atomic E-state index is 5.70. The number of quaternary nitrogens is 1. The summed E-state index contributed by atoms with van der Waals surface area (Å²) in [5.41, 5.74) is 2.13. The van der Waals surface area contributed by atoms with Crippen LogP contribution in [0.3, 0.4) is 0 Å². The van der Waals surface area contributed by atoms with Gasteiger partial charge in [-0.25, -0.2) is 0 Å². The van der Waals surface area contributed by atoms with Gasteiger partial charge in [-0.1, -0.05) is 12.1 Å². The minimum Gasteiger partial charge on any atom is -0.493 e. The first kappa shape index (κ1) is 16.9. The number of rotatable bonds is 7. The van der Waals surface area contributed by atoms with Gasteiger partial charge in [0.2, 0.25) is 0 Å². The molecule has 5 nitrogen and oxygen atoms in total. The van der Waals surface area contributed by atoms with E-state index in [0.717, 1.165) is 17.9 Å². The van der Waals surface area contributed by atoms with E-state index in [2.05, 4.69) is 29.0 Å². The van der Waals surface area contributed by atoms with Gasteiger partial charge in [0.05, 0.1) is 19.2 Å². The maximum Gasteiger partial charge on any atom is 0.292 e. The number of para-hydroxylation sites is 1. The predicted octanol–water partition coefficient (Wildman–Crippen LogP) is 3.01. The zero-order valence-corrected chi connectivity index (χ0v) is 15.3. The lowest BCUT2D eigenvalue weighted by Gasteiger charge is -2.12. The van der Waals surface area contributed by atoms with Crippen LogP contribution in [0.15, 0.2) is 45.5 Å². The Morgan fingerprint density at radius 2 is 2.17 bits per heavy atom. The Kier molecular flexibility index (Phi) is 5.44. The van der Waals surface area contributed by atoms with Gasteiger partial charge in [0, 0.05) is 5.56 Å². The van der Waals surface area contributed by atoms with Crippen molar-refractivity contribution in [1.82, 2.24) is 9.78 Å². The molecule has 2 aromatic heterocycles. The first-order valence-electron chi connectivity index (χ1n) is 7.80. The highest BCUT2D eigenvalue weighted by atomic mass is 32.1. The molecule has 126 valence electrons. The van der Waals surface area contributed by atoms with Crippen LogP contribution in [-0.2, 0) is 13.2 Å². The van der Waals surface area contributed by atoms with Crippen molar-refractivity contribution in [3.05, 3.63) is 51.5 Å². The van der Waals surface area contributed by atoms with E-state index < -0.39 is 0 Å². The molecule has 1 N–H and O–H groups in total. The van der Waals surface area contributed by atoms with Crippen molar-refractivity contribution < 1.29 is 14.1 Å². The zero-order chi connectivity index (χ0) is 16.9. The molecule has 0 aliphatic rings. The van der Waals surface area contributed by atoms with E-state index in [1.54, 1.807) is 16.0 Å². The van der Waals surface area contributed by atoms with Crippen LogP contribution >= 0.6 is 23.6 Å². The van der Waals surface area contributed by atoms with Crippen LogP contribution in [0.5, 0.6) is 5.75 Å². The summed E-state index contributed by atoms with van der Waals surface area (Å²) in [7, 11) is 2.11. The Labute approximate surface area is 150 Å². The van der Waals surface area contributed by atoms with Gasteiger partial charge in [-0.05, 0) is 48.1 Å². The van der Waals surface area contributed by atoms with Crippen molar-refractivity contribution in [3.63, 3.8) is 0 Å². The highest BCUT2D eigenvalue weighted by Gasteiger charge is 2.15. The molecule has 1 aromatic carbocycles. The summed E-state index contributed by atoms with van der Waals surface area (Å²) >= 11 is 7.04. The largest absolute Gasteiger partial charge is 0.493 e. The fraction of sp³-hybridized carbons (Fsp3) is 0.294. The summed E-state index contributed by atoms with van der Waals surface area (Å²) in [4.78, 5) is 1.66. The smallest absolute Gasteiger partial charge is 0.292 e. The van der Waals surface area contributed by atoms with Crippen molar-refractivity contribution in [1.29, 1.82) is 0 Å². The van der Waals surface area contributed by atoms with Crippen LogP contribution in [0.4, 0.5) is 0 Å². The molecule has 0 spiro atoms. The van der Waals surface area contributed by atoms with Crippen LogP contribution in [0.25, 0.3) is 11.5 Å². The van der Waals surface area contributed by atoms with E-state index in [0.29, 0.717) is 24.0 Å². The number of nitrogens with one attached hydrogen (secondary N) is 1. The lowest BCUT2D eigenvalue weighted by molar-refractivity contribution is -0.917. The van der Waals surface area contributed by atoms with Crippen LogP contribution in [0, 0.1) is 4.84 Å². The number of nitrogens with zero attached hydrogens (tertiary/aromatic N) is 2. The number of thiophene rings is 1. The molecule has 0 aliphatic carbocycles. The molecular formula is C17H20N3O2S2+. The average Bonchev–Trinajstić information content (AvgIpc) is 3.19. The van der Waals surface area contributed by atoms with E-state index in [-0.39, 0.29) is 0 Å². The molecule has 0 fully saturated rings. The van der Waals surface area contributed by atoms with E-state index in [4.69, 9.17) is 21.4 Å². The summed E-state index contributed by atoms with van der Waals surface area (Å²) < 4.78 is 13.1. The van der Waals surface area contributed by atoms with E-state index in [1.165, 1.54) is 10.5 Å². The van der Waals surface area contributed by atoms with Gasteiger partial charge in [0.15, 0.2) is 6.67 Å². The molecule has 24 heavy (non-hydrogen) atoms. The normalized spacial score (nSPS) is 12.2. The Bertz CT molecular complexity index is 840. The molecule has 0 saturated carbocycles. The summed E-state index contributed by atoms with van der Waals surface area (Å²) in [6, 6.07) is 9.84. The number of hydrogen-bond donors (Lipinski definition) is 1. The molecule has 0 radical (unpaired) electrons. The molecule has 3 aromatic rings. The Morgan fingerprint density at radius 3 is 2.92 bits per heavy atom. The monoisotopic (exact) mass is 362 g/mol. The molecule has 0 bridgehead atoms. The second kappa shape index (κ2) is 7.74. The van der Waals surface area contributed by atoms with Crippen LogP contribution < -0.4 is 9.64 Å². The summed E-state index contributed by atoms with van der Waals surface area (Å²) in [6.45, 7) is 4.11. The van der Waals surface area contributed by atoms with Gasteiger partial charge >= 0.3 is 0 Å². The summed E-state index contributed by atoms with van der Waals surface area (Å²) in [5.74, 6) is 1.25. The van der Waals surface area contributed by atoms with Gasteiger partial charge in [0.25, 0.3) is 10.7 Å². The van der Waals surface area contributed by atoms with E-state index >= 15 is 0 Å². The van der Waals surface area contributed by atoms with Gasteiger partial charge in [-0.3, -0.25) is 0 Å². The van der Waals surface area contributed by atoms with Crippen molar-refractivity contribution in [2.45, 2.75) is 20.1 Å². The van der Waals surface area contributed by atoms with E-state index in [1.807, 2.05) is 31.2 Å². The lowest BCUT2D eigenvalue weighted by atomic mass is 10.2. The second-order valence-electron chi connectivity index (χ2n) is 5.53. The minimum absolute atomic E-state index is 0.376. The SMILES string of the molecule is CCOc1ccccc1-c1nn(C[NH+](C)Cc2ccsc2)c(=S)o1. The third-order valence-corrected chi connectivity index (χ3v) is 4.56. The first-order chi connectivity index (χ1) is 11.7. The number of ether oxygens (including phenoxy) is 1. The highest BCUT2D eigenvalue weighted by molar-refractivity contribution is 7.71. The Hall–Kier alpha value is -1.96. The summed E-state index contributed by atoms with van der Waals surface area (Å²) in [6.07, 6.45) is 0. The lowest BCUT2D eigenvalue weighted by Crippen LogP contribution is -3.06. The molecule has 3 rings (SSSR count). The molecule has 7 heteroatoms. The summed E-state index contributed by atoms with van der Waals surface area (Å²) in [5, 5.41) is 8.79. The van der Waals surface area contributed by atoms with E-state index in [9.17, 15) is 0 Å². The third kappa shape index (κ3) is 3.92. The first-order valence-corrected chi connectivity index (χ1v) is 9.15. The number of hydrogen-bond acceptors (Lipinski definition) is 5. The quantitative estimate of drug-likeness (QED) is 0.656. The Balaban J connectivity index is 1.79. The van der Waals surface area contributed by atoms with Gasteiger partial charge < -0.3 is 14.1 Å². The third-order valence-electron chi connectivity index (χ3n) is 3.53.